The second kappa shape index (κ2) is 9.10. The molecule has 0 saturated carbocycles. The zero-order valence-corrected chi connectivity index (χ0v) is 16.4. The zero-order chi connectivity index (χ0) is 20.8. The standard InChI is InChI=1S/C23H22FNO4/c1-27-19-11-6-15(7-12-19)22(17-8-13-20(28-2)21(14-17)29-3)25-23(26)16-4-9-18(24)10-5-16/h4-14,22H,1-3H3,(H,25,26)/t22-/m0/s1. The van der Waals surface area contributed by atoms with E-state index in [1.165, 1.54) is 24.3 Å². The molecule has 0 aliphatic carbocycles. The number of methoxy groups -OCH3 is 3. The summed E-state index contributed by atoms with van der Waals surface area (Å²) in [5, 5.41) is 3.01. The van der Waals surface area contributed by atoms with Gasteiger partial charge in [-0.05, 0) is 59.7 Å². The van der Waals surface area contributed by atoms with Crippen molar-refractivity contribution in [1.82, 2.24) is 5.32 Å². The Kier molecular flexibility index (Phi) is 6.34. The highest BCUT2D eigenvalue weighted by Gasteiger charge is 2.20. The summed E-state index contributed by atoms with van der Waals surface area (Å²) in [7, 11) is 4.72. The van der Waals surface area contributed by atoms with Crippen LogP contribution in [0.1, 0.15) is 27.5 Å². The number of amides is 1. The first-order chi connectivity index (χ1) is 14.0. The van der Waals surface area contributed by atoms with Gasteiger partial charge in [-0.15, -0.1) is 0 Å². The van der Waals surface area contributed by atoms with E-state index in [9.17, 15) is 9.18 Å². The molecule has 150 valence electrons. The number of rotatable bonds is 7. The molecule has 3 rings (SSSR count). The first kappa shape index (κ1) is 20.2. The van der Waals surface area contributed by atoms with Crippen LogP contribution in [0, 0.1) is 5.82 Å². The van der Waals surface area contributed by atoms with Crippen LogP contribution in [0.25, 0.3) is 0 Å². The highest BCUT2D eigenvalue weighted by Crippen LogP contribution is 2.33. The second-order valence-corrected chi connectivity index (χ2v) is 6.30. The smallest absolute Gasteiger partial charge is 0.252 e. The van der Waals surface area contributed by atoms with Crippen molar-refractivity contribution < 1.29 is 23.4 Å². The van der Waals surface area contributed by atoms with Crippen LogP contribution >= 0.6 is 0 Å². The second-order valence-electron chi connectivity index (χ2n) is 6.30. The molecule has 29 heavy (non-hydrogen) atoms. The van der Waals surface area contributed by atoms with Crippen molar-refractivity contribution in [3.63, 3.8) is 0 Å². The van der Waals surface area contributed by atoms with Crippen molar-refractivity contribution in [3.8, 4) is 17.2 Å². The molecule has 1 N–H and O–H groups in total. The molecule has 0 saturated heterocycles. The minimum Gasteiger partial charge on any atom is -0.497 e. The first-order valence-corrected chi connectivity index (χ1v) is 8.98. The van der Waals surface area contributed by atoms with Crippen LogP contribution in [0.2, 0.25) is 0 Å². The molecule has 0 spiro atoms. The summed E-state index contributed by atoms with van der Waals surface area (Å²) < 4.78 is 29.1. The third-order valence-corrected chi connectivity index (χ3v) is 4.57. The molecule has 0 aliphatic rings. The van der Waals surface area contributed by atoms with Gasteiger partial charge in [-0.2, -0.15) is 0 Å². The van der Waals surface area contributed by atoms with Crippen LogP contribution < -0.4 is 19.5 Å². The summed E-state index contributed by atoms with van der Waals surface area (Å²) >= 11 is 0. The predicted octanol–water partition coefficient (Wildman–Crippen LogP) is 4.37. The fourth-order valence-electron chi connectivity index (χ4n) is 3.00. The molecule has 0 aromatic heterocycles. The van der Waals surface area contributed by atoms with E-state index in [0.29, 0.717) is 22.8 Å². The van der Waals surface area contributed by atoms with E-state index < -0.39 is 11.9 Å². The average Bonchev–Trinajstić information content (AvgIpc) is 2.77. The van der Waals surface area contributed by atoms with E-state index in [1.54, 1.807) is 27.4 Å². The zero-order valence-electron chi connectivity index (χ0n) is 16.4. The minimum absolute atomic E-state index is 0.319. The Hall–Kier alpha value is -3.54. The fraction of sp³-hybridized carbons (Fsp3) is 0.174. The third kappa shape index (κ3) is 4.66. The Bertz CT molecular complexity index is 971. The van der Waals surface area contributed by atoms with Crippen LogP contribution in [-0.4, -0.2) is 27.2 Å². The predicted molar refractivity (Wildman–Crippen MR) is 108 cm³/mol. The maximum Gasteiger partial charge on any atom is 0.252 e. The monoisotopic (exact) mass is 395 g/mol. The number of carbonyl (C=O) groups excluding carboxylic acids is 1. The molecule has 0 fully saturated rings. The van der Waals surface area contributed by atoms with E-state index in [0.717, 1.165) is 11.1 Å². The van der Waals surface area contributed by atoms with Gasteiger partial charge < -0.3 is 19.5 Å². The Balaban J connectivity index is 1.99. The van der Waals surface area contributed by atoms with Gasteiger partial charge in [-0.3, -0.25) is 4.79 Å². The van der Waals surface area contributed by atoms with Crippen LogP contribution in [0.3, 0.4) is 0 Å². The molecule has 0 heterocycles. The SMILES string of the molecule is COc1ccc([C@H](NC(=O)c2ccc(F)cc2)c2ccc(OC)c(OC)c2)cc1. The molecule has 1 amide bonds. The lowest BCUT2D eigenvalue weighted by Gasteiger charge is -2.21. The fourth-order valence-corrected chi connectivity index (χ4v) is 3.00. The Morgan fingerprint density at radius 1 is 0.793 bits per heavy atom. The molecule has 3 aromatic rings. The van der Waals surface area contributed by atoms with Crippen molar-refractivity contribution in [2.24, 2.45) is 0 Å². The highest BCUT2D eigenvalue weighted by molar-refractivity contribution is 5.94. The lowest BCUT2D eigenvalue weighted by atomic mass is 9.97. The Labute approximate surface area is 169 Å². The van der Waals surface area contributed by atoms with Crippen LogP contribution in [0.15, 0.2) is 66.7 Å². The molecule has 0 radical (unpaired) electrons. The summed E-state index contributed by atoms with van der Waals surface area (Å²) in [5.41, 5.74) is 2.03. The normalized spacial score (nSPS) is 11.4. The minimum atomic E-state index is -0.460. The third-order valence-electron chi connectivity index (χ3n) is 4.57. The van der Waals surface area contributed by atoms with Gasteiger partial charge in [0.1, 0.15) is 11.6 Å². The van der Waals surface area contributed by atoms with Gasteiger partial charge in [0.15, 0.2) is 11.5 Å². The average molecular weight is 395 g/mol. The summed E-state index contributed by atoms with van der Waals surface area (Å²) in [4.78, 5) is 12.8. The van der Waals surface area contributed by atoms with Gasteiger partial charge >= 0.3 is 0 Å². The highest BCUT2D eigenvalue weighted by atomic mass is 19.1. The first-order valence-electron chi connectivity index (χ1n) is 8.98. The van der Waals surface area contributed by atoms with Crippen molar-refractivity contribution in [1.29, 1.82) is 0 Å². The lowest BCUT2D eigenvalue weighted by Crippen LogP contribution is -2.29. The molecule has 0 bridgehead atoms. The van der Waals surface area contributed by atoms with E-state index >= 15 is 0 Å². The van der Waals surface area contributed by atoms with Crippen molar-refractivity contribution >= 4 is 5.91 Å². The lowest BCUT2D eigenvalue weighted by molar-refractivity contribution is 0.0943. The van der Waals surface area contributed by atoms with Gasteiger partial charge in [0, 0.05) is 5.56 Å². The van der Waals surface area contributed by atoms with Crippen molar-refractivity contribution in [3.05, 3.63) is 89.2 Å². The largest absolute Gasteiger partial charge is 0.497 e. The van der Waals surface area contributed by atoms with Crippen LogP contribution in [-0.2, 0) is 0 Å². The number of benzene rings is 3. The molecule has 1 atom stereocenters. The van der Waals surface area contributed by atoms with Gasteiger partial charge in [0.2, 0.25) is 0 Å². The summed E-state index contributed by atoms with van der Waals surface area (Å²) in [6, 6.07) is 17.8. The maximum absolute atomic E-state index is 13.2. The summed E-state index contributed by atoms with van der Waals surface area (Å²) in [5.74, 6) is 1.15. The summed E-state index contributed by atoms with van der Waals surface area (Å²) in [6.45, 7) is 0. The van der Waals surface area contributed by atoms with E-state index in [2.05, 4.69) is 5.32 Å². The van der Waals surface area contributed by atoms with Gasteiger partial charge in [-0.1, -0.05) is 18.2 Å². The Morgan fingerprint density at radius 2 is 1.41 bits per heavy atom. The molecule has 3 aromatic carbocycles. The molecule has 5 nitrogen and oxygen atoms in total. The number of ether oxygens (including phenoxy) is 3. The summed E-state index contributed by atoms with van der Waals surface area (Å²) in [6.07, 6.45) is 0. The van der Waals surface area contributed by atoms with E-state index in [4.69, 9.17) is 14.2 Å². The van der Waals surface area contributed by atoms with Crippen LogP contribution in [0.4, 0.5) is 4.39 Å². The van der Waals surface area contributed by atoms with E-state index in [-0.39, 0.29) is 5.91 Å². The van der Waals surface area contributed by atoms with Gasteiger partial charge in [0.05, 0.1) is 27.4 Å². The van der Waals surface area contributed by atoms with Crippen molar-refractivity contribution in [2.75, 3.05) is 21.3 Å². The van der Waals surface area contributed by atoms with E-state index in [1.807, 2.05) is 36.4 Å². The molecular formula is C23H22FNO4. The molecule has 0 aliphatic heterocycles. The Morgan fingerprint density at radius 3 is 2.00 bits per heavy atom. The van der Waals surface area contributed by atoms with Crippen LogP contribution in [0.5, 0.6) is 17.2 Å². The topological polar surface area (TPSA) is 56.8 Å². The molecular weight excluding hydrogens is 373 g/mol. The number of halogens is 1. The quantitative estimate of drug-likeness (QED) is 0.645. The number of nitrogens with one attached hydrogen (secondary N) is 1. The van der Waals surface area contributed by atoms with Gasteiger partial charge in [0.25, 0.3) is 5.91 Å². The maximum atomic E-state index is 13.2. The number of hydrogen-bond acceptors (Lipinski definition) is 4. The molecule has 0 unspecified atom stereocenters. The van der Waals surface area contributed by atoms with Crippen molar-refractivity contribution in [2.45, 2.75) is 6.04 Å². The number of hydrogen-bond donors (Lipinski definition) is 1. The van der Waals surface area contributed by atoms with Gasteiger partial charge in [-0.25, -0.2) is 4.39 Å². The molecule has 6 heteroatoms. The number of carbonyl (C=O) groups is 1.